The predicted molar refractivity (Wildman–Crippen MR) is 51.5 cm³/mol. The number of aliphatic hydroxyl groups is 1. The quantitative estimate of drug-likeness (QED) is 0.771. The number of carbonyl (C=O) groups is 1. The molecule has 13 heavy (non-hydrogen) atoms. The van der Waals surface area contributed by atoms with Gasteiger partial charge in [-0.1, -0.05) is 13.8 Å². The molecule has 0 radical (unpaired) electrons. The molecule has 4 nitrogen and oxygen atoms in total. The zero-order valence-corrected chi connectivity index (χ0v) is 8.39. The van der Waals surface area contributed by atoms with Gasteiger partial charge in [-0.2, -0.15) is 0 Å². The number of nitrogens with zero attached hydrogens (tertiary/aromatic N) is 1. The fourth-order valence-corrected chi connectivity index (χ4v) is 1.39. The molecular weight excluding hydrogens is 188 g/mol. The third-order valence-electron chi connectivity index (χ3n) is 1.47. The molecule has 1 aromatic rings. The van der Waals surface area contributed by atoms with Gasteiger partial charge in [0.05, 0.1) is 12.3 Å². The number of aliphatic hydroxyl groups excluding tert-OH is 1. The Balaban J connectivity index is 2.59. The van der Waals surface area contributed by atoms with Gasteiger partial charge in [0.15, 0.2) is 5.13 Å². The fourth-order valence-electron chi connectivity index (χ4n) is 0.687. The molecule has 1 amide bonds. The minimum atomic E-state index is -0.0892. The Hall–Kier alpha value is -0.940. The van der Waals surface area contributed by atoms with E-state index in [1.165, 1.54) is 11.3 Å². The van der Waals surface area contributed by atoms with Crippen LogP contribution in [0.2, 0.25) is 0 Å². The van der Waals surface area contributed by atoms with Crippen LogP contribution in [0.1, 0.15) is 19.5 Å². The SMILES string of the molecule is CC(C)C(=O)Nc1nc(CO)cs1. The van der Waals surface area contributed by atoms with E-state index in [1.807, 2.05) is 13.8 Å². The molecule has 1 heterocycles. The summed E-state index contributed by atoms with van der Waals surface area (Å²) in [4.78, 5) is 15.2. The van der Waals surface area contributed by atoms with Crippen LogP contribution in [0.25, 0.3) is 0 Å². The van der Waals surface area contributed by atoms with Gasteiger partial charge in [0, 0.05) is 11.3 Å². The van der Waals surface area contributed by atoms with E-state index in [0.717, 1.165) is 0 Å². The maximum atomic E-state index is 11.2. The summed E-state index contributed by atoms with van der Waals surface area (Å²) in [5.74, 6) is -0.111. The highest BCUT2D eigenvalue weighted by atomic mass is 32.1. The number of hydrogen-bond acceptors (Lipinski definition) is 4. The minimum Gasteiger partial charge on any atom is -0.390 e. The number of amides is 1. The molecule has 0 unspecified atom stereocenters. The Morgan fingerprint density at radius 1 is 1.77 bits per heavy atom. The first kappa shape index (κ1) is 10.1. The van der Waals surface area contributed by atoms with Gasteiger partial charge < -0.3 is 10.4 Å². The number of anilines is 1. The molecule has 0 aliphatic rings. The molecule has 1 rings (SSSR count). The third-order valence-corrected chi connectivity index (χ3v) is 2.27. The Morgan fingerprint density at radius 2 is 2.46 bits per heavy atom. The normalized spacial score (nSPS) is 10.5. The number of aromatic nitrogens is 1. The lowest BCUT2D eigenvalue weighted by Gasteiger charge is -2.02. The van der Waals surface area contributed by atoms with Crippen molar-refractivity contribution in [3.63, 3.8) is 0 Å². The van der Waals surface area contributed by atoms with E-state index < -0.39 is 0 Å². The summed E-state index contributed by atoms with van der Waals surface area (Å²) in [6, 6.07) is 0. The maximum Gasteiger partial charge on any atom is 0.228 e. The molecule has 1 aromatic heterocycles. The molecule has 0 atom stereocenters. The van der Waals surface area contributed by atoms with Crippen molar-refractivity contribution in [2.45, 2.75) is 20.5 Å². The number of nitrogens with one attached hydrogen (secondary N) is 1. The van der Waals surface area contributed by atoms with E-state index in [9.17, 15) is 4.79 Å². The monoisotopic (exact) mass is 200 g/mol. The second-order valence-electron chi connectivity index (χ2n) is 2.95. The summed E-state index contributed by atoms with van der Waals surface area (Å²) in [7, 11) is 0. The standard InChI is InChI=1S/C8H12N2O2S/c1-5(2)7(12)10-8-9-6(3-11)4-13-8/h4-5,11H,3H2,1-2H3,(H,9,10,12). The van der Waals surface area contributed by atoms with Crippen LogP contribution in [0.5, 0.6) is 0 Å². The van der Waals surface area contributed by atoms with Crippen molar-refractivity contribution >= 4 is 22.4 Å². The lowest BCUT2D eigenvalue weighted by Crippen LogP contribution is -2.17. The van der Waals surface area contributed by atoms with E-state index >= 15 is 0 Å². The van der Waals surface area contributed by atoms with Crippen molar-refractivity contribution in [3.8, 4) is 0 Å². The highest BCUT2D eigenvalue weighted by molar-refractivity contribution is 7.13. The summed E-state index contributed by atoms with van der Waals surface area (Å²) >= 11 is 1.32. The first-order valence-corrected chi connectivity index (χ1v) is 4.87. The van der Waals surface area contributed by atoms with Crippen LogP contribution < -0.4 is 5.32 Å². The maximum absolute atomic E-state index is 11.2. The first-order valence-electron chi connectivity index (χ1n) is 3.99. The molecule has 72 valence electrons. The van der Waals surface area contributed by atoms with Crippen molar-refractivity contribution in [3.05, 3.63) is 11.1 Å². The van der Waals surface area contributed by atoms with Gasteiger partial charge in [0.25, 0.3) is 0 Å². The largest absolute Gasteiger partial charge is 0.390 e. The molecule has 0 saturated heterocycles. The molecule has 0 saturated carbocycles. The van der Waals surface area contributed by atoms with E-state index in [2.05, 4.69) is 10.3 Å². The molecule has 0 aromatic carbocycles. The van der Waals surface area contributed by atoms with Gasteiger partial charge in [-0.15, -0.1) is 11.3 Å². The lowest BCUT2D eigenvalue weighted by molar-refractivity contribution is -0.118. The molecule has 0 spiro atoms. The number of carbonyl (C=O) groups excluding carboxylic acids is 1. The van der Waals surface area contributed by atoms with Gasteiger partial charge >= 0.3 is 0 Å². The van der Waals surface area contributed by atoms with Gasteiger partial charge in [0.1, 0.15) is 0 Å². The summed E-state index contributed by atoms with van der Waals surface area (Å²) < 4.78 is 0. The molecule has 0 fully saturated rings. The molecule has 2 N–H and O–H groups in total. The van der Waals surface area contributed by atoms with E-state index in [1.54, 1.807) is 5.38 Å². The molecular formula is C8H12N2O2S. The molecule has 5 heteroatoms. The average Bonchev–Trinajstić information content (AvgIpc) is 2.52. The van der Waals surface area contributed by atoms with Crippen LogP contribution >= 0.6 is 11.3 Å². The van der Waals surface area contributed by atoms with E-state index in [-0.39, 0.29) is 18.4 Å². The van der Waals surface area contributed by atoms with Gasteiger partial charge in [-0.25, -0.2) is 4.98 Å². The van der Waals surface area contributed by atoms with Crippen LogP contribution in [0.3, 0.4) is 0 Å². The summed E-state index contributed by atoms with van der Waals surface area (Å²) in [6.45, 7) is 3.54. The highest BCUT2D eigenvalue weighted by Gasteiger charge is 2.09. The van der Waals surface area contributed by atoms with Crippen LogP contribution in [0.15, 0.2) is 5.38 Å². The topological polar surface area (TPSA) is 62.2 Å². The van der Waals surface area contributed by atoms with Crippen molar-refractivity contribution in [2.24, 2.45) is 5.92 Å². The summed E-state index contributed by atoms with van der Waals surface area (Å²) in [6.07, 6.45) is 0. The predicted octanol–water partition coefficient (Wildman–Crippen LogP) is 1.23. The van der Waals surface area contributed by atoms with Crippen LogP contribution in [0.4, 0.5) is 5.13 Å². The second-order valence-corrected chi connectivity index (χ2v) is 3.80. The van der Waals surface area contributed by atoms with Crippen molar-refractivity contribution in [1.29, 1.82) is 0 Å². The molecule has 0 aliphatic heterocycles. The van der Waals surface area contributed by atoms with Crippen molar-refractivity contribution < 1.29 is 9.90 Å². The third kappa shape index (κ3) is 2.78. The Labute approximate surface area is 80.6 Å². The number of thiazole rings is 1. The van der Waals surface area contributed by atoms with Gasteiger partial charge in [-0.05, 0) is 0 Å². The summed E-state index contributed by atoms with van der Waals surface area (Å²) in [5, 5.41) is 13.6. The smallest absolute Gasteiger partial charge is 0.228 e. The van der Waals surface area contributed by atoms with Crippen LogP contribution in [-0.2, 0) is 11.4 Å². The van der Waals surface area contributed by atoms with Gasteiger partial charge in [0.2, 0.25) is 5.91 Å². The fraction of sp³-hybridized carbons (Fsp3) is 0.500. The van der Waals surface area contributed by atoms with Crippen LogP contribution in [0, 0.1) is 5.92 Å². The van der Waals surface area contributed by atoms with Crippen molar-refractivity contribution in [2.75, 3.05) is 5.32 Å². The second kappa shape index (κ2) is 4.34. The zero-order valence-electron chi connectivity index (χ0n) is 7.57. The van der Waals surface area contributed by atoms with E-state index in [0.29, 0.717) is 10.8 Å². The first-order chi connectivity index (χ1) is 6.13. The number of rotatable bonds is 3. The Kier molecular flexibility index (Phi) is 3.39. The Bertz CT molecular complexity index is 296. The molecule has 0 aliphatic carbocycles. The highest BCUT2D eigenvalue weighted by Crippen LogP contribution is 2.15. The van der Waals surface area contributed by atoms with Crippen molar-refractivity contribution in [1.82, 2.24) is 4.98 Å². The zero-order chi connectivity index (χ0) is 9.84. The lowest BCUT2D eigenvalue weighted by atomic mass is 10.2. The average molecular weight is 200 g/mol. The Morgan fingerprint density at radius 3 is 2.92 bits per heavy atom. The number of hydrogen-bond donors (Lipinski definition) is 2. The molecule has 0 bridgehead atoms. The minimum absolute atomic E-state index is 0.0542. The summed E-state index contributed by atoms with van der Waals surface area (Å²) in [5.41, 5.74) is 0.587. The van der Waals surface area contributed by atoms with Crippen LogP contribution in [-0.4, -0.2) is 16.0 Å². The van der Waals surface area contributed by atoms with E-state index in [4.69, 9.17) is 5.11 Å². The van der Waals surface area contributed by atoms with Gasteiger partial charge in [-0.3, -0.25) is 4.79 Å².